The van der Waals surface area contributed by atoms with Crippen molar-refractivity contribution in [1.29, 1.82) is 0 Å². The van der Waals surface area contributed by atoms with E-state index >= 15 is 0 Å². The molecular formula is C18H22N2O4. The molecule has 0 aliphatic rings. The third-order valence-electron chi connectivity index (χ3n) is 3.57. The zero-order chi connectivity index (χ0) is 17.7. The van der Waals surface area contributed by atoms with Gasteiger partial charge in [0.15, 0.2) is 0 Å². The highest BCUT2D eigenvalue weighted by Crippen LogP contribution is 2.21. The molecule has 2 rings (SSSR count). The number of rotatable bonds is 6. The van der Waals surface area contributed by atoms with Gasteiger partial charge in [-0.2, -0.15) is 0 Å². The fourth-order valence-electron chi connectivity index (χ4n) is 2.48. The maximum absolute atomic E-state index is 12.5. The van der Waals surface area contributed by atoms with Gasteiger partial charge in [0.25, 0.3) is 5.91 Å². The molecule has 0 saturated heterocycles. The molecule has 0 bridgehead atoms. The highest BCUT2D eigenvalue weighted by atomic mass is 16.5. The molecule has 1 amide bonds. The van der Waals surface area contributed by atoms with E-state index in [9.17, 15) is 9.59 Å². The molecule has 0 fully saturated rings. The number of aromatic amines is 1. The lowest BCUT2D eigenvalue weighted by Gasteiger charge is -2.07. The lowest BCUT2D eigenvalue weighted by atomic mass is 10.1. The van der Waals surface area contributed by atoms with Gasteiger partial charge in [-0.15, -0.1) is 0 Å². The van der Waals surface area contributed by atoms with Crippen molar-refractivity contribution in [2.75, 3.05) is 18.5 Å². The molecule has 0 spiro atoms. The van der Waals surface area contributed by atoms with E-state index in [1.165, 1.54) is 0 Å². The smallest absolute Gasteiger partial charge is 0.340 e. The Bertz CT molecular complexity index is 732. The van der Waals surface area contributed by atoms with Crippen molar-refractivity contribution in [1.82, 2.24) is 4.98 Å². The van der Waals surface area contributed by atoms with Crippen LogP contribution in [0.2, 0.25) is 0 Å². The van der Waals surface area contributed by atoms with E-state index in [4.69, 9.17) is 9.47 Å². The van der Waals surface area contributed by atoms with Gasteiger partial charge in [-0.1, -0.05) is 0 Å². The van der Waals surface area contributed by atoms with Gasteiger partial charge in [-0.3, -0.25) is 4.79 Å². The second-order valence-electron chi connectivity index (χ2n) is 5.26. The van der Waals surface area contributed by atoms with E-state index < -0.39 is 5.97 Å². The Balaban J connectivity index is 2.18. The van der Waals surface area contributed by atoms with Crippen LogP contribution in [0.5, 0.6) is 5.75 Å². The molecule has 0 unspecified atom stereocenters. The first-order valence-corrected chi connectivity index (χ1v) is 7.88. The summed E-state index contributed by atoms with van der Waals surface area (Å²) in [5.41, 5.74) is 2.60. The molecule has 6 nitrogen and oxygen atoms in total. The summed E-state index contributed by atoms with van der Waals surface area (Å²) in [5.74, 6) is 0.00571. The molecule has 1 aromatic carbocycles. The second-order valence-corrected chi connectivity index (χ2v) is 5.26. The summed E-state index contributed by atoms with van der Waals surface area (Å²) < 4.78 is 10.4. The van der Waals surface area contributed by atoms with Gasteiger partial charge in [0.2, 0.25) is 0 Å². The van der Waals surface area contributed by atoms with Gasteiger partial charge in [-0.05, 0) is 57.5 Å². The number of hydrogen-bond acceptors (Lipinski definition) is 4. The molecular weight excluding hydrogens is 308 g/mol. The number of benzene rings is 1. The summed E-state index contributed by atoms with van der Waals surface area (Å²) in [6, 6.07) is 7.10. The van der Waals surface area contributed by atoms with Crippen LogP contribution in [-0.4, -0.2) is 30.1 Å². The molecule has 0 saturated carbocycles. The van der Waals surface area contributed by atoms with Crippen molar-refractivity contribution in [3.05, 3.63) is 46.8 Å². The average Bonchev–Trinajstić information content (AvgIpc) is 2.84. The van der Waals surface area contributed by atoms with Crippen LogP contribution in [0.15, 0.2) is 24.3 Å². The topological polar surface area (TPSA) is 80.4 Å². The molecule has 24 heavy (non-hydrogen) atoms. The van der Waals surface area contributed by atoms with E-state index in [1.807, 2.05) is 6.92 Å². The van der Waals surface area contributed by atoms with Crippen molar-refractivity contribution >= 4 is 17.6 Å². The molecule has 128 valence electrons. The number of aromatic nitrogens is 1. The largest absolute Gasteiger partial charge is 0.494 e. The Morgan fingerprint density at radius 1 is 1.08 bits per heavy atom. The third-order valence-corrected chi connectivity index (χ3v) is 3.57. The highest BCUT2D eigenvalue weighted by molar-refractivity contribution is 6.06. The number of aryl methyl sites for hydroxylation is 1. The number of H-pyrrole nitrogens is 1. The average molecular weight is 330 g/mol. The number of anilines is 1. The van der Waals surface area contributed by atoms with Crippen LogP contribution >= 0.6 is 0 Å². The van der Waals surface area contributed by atoms with E-state index in [1.54, 1.807) is 45.0 Å². The van der Waals surface area contributed by atoms with Gasteiger partial charge in [0.05, 0.1) is 18.8 Å². The van der Waals surface area contributed by atoms with Crippen molar-refractivity contribution in [3.63, 3.8) is 0 Å². The number of carbonyl (C=O) groups excluding carboxylic acids is 2. The van der Waals surface area contributed by atoms with Gasteiger partial charge >= 0.3 is 5.97 Å². The van der Waals surface area contributed by atoms with E-state index in [0.717, 1.165) is 5.75 Å². The molecule has 2 aromatic rings. The molecule has 2 N–H and O–H groups in total. The van der Waals surface area contributed by atoms with Crippen molar-refractivity contribution < 1.29 is 19.1 Å². The van der Waals surface area contributed by atoms with Crippen LogP contribution in [0.4, 0.5) is 5.69 Å². The predicted molar refractivity (Wildman–Crippen MR) is 91.8 cm³/mol. The van der Waals surface area contributed by atoms with Gasteiger partial charge in [-0.25, -0.2) is 4.79 Å². The van der Waals surface area contributed by atoms with E-state index in [0.29, 0.717) is 34.8 Å². The first-order valence-electron chi connectivity index (χ1n) is 7.88. The van der Waals surface area contributed by atoms with E-state index in [-0.39, 0.29) is 12.5 Å². The predicted octanol–water partition coefficient (Wildman–Crippen LogP) is 3.46. The van der Waals surface area contributed by atoms with Crippen LogP contribution in [0, 0.1) is 13.8 Å². The summed E-state index contributed by atoms with van der Waals surface area (Å²) in [5, 5.41) is 2.80. The third kappa shape index (κ3) is 3.76. The minimum atomic E-state index is -0.427. The minimum absolute atomic E-state index is 0.288. The Labute approximate surface area is 141 Å². The number of nitrogens with one attached hydrogen (secondary N) is 2. The zero-order valence-electron chi connectivity index (χ0n) is 14.4. The fraction of sp³-hybridized carbons (Fsp3) is 0.333. The number of ether oxygens (including phenoxy) is 2. The second kappa shape index (κ2) is 7.68. The standard InChI is InChI=1S/C18H22N2O4/c1-5-23-14-9-7-13(8-10-14)20-17(21)16-11(3)15(12(4)19-16)18(22)24-6-2/h7-10,19H,5-6H2,1-4H3,(H,20,21). The van der Waals surface area contributed by atoms with Crippen molar-refractivity contribution in [2.45, 2.75) is 27.7 Å². The molecule has 1 aromatic heterocycles. The van der Waals surface area contributed by atoms with E-state index in [2.05, 4.69) is 10.3 Å². The van der Waals surface area contributed by atoms with Gasteiger partial charge in [0.1, 0.15) is 11.4 Å². The Morgan fingerprint density at radius 2 is 1.75 bits per heavy atom. The van der Waals surface area contributed by atoms with Gasteiger partial charge in [0, 0.05) is 11.4 Å². The summed E-state index contributed by atoms with van der Waals surface area (Å²) in [4.78, 5) is 27.4. The molecule has 0 atom stereocenters. The number of esters is 1. The van der Waals surface area contributed by atoms with Crippen LogP contribution in [-0.2, 0) is 4.74 Å². The first-order chi connectivity index (χ1) is 11.5. The summed E-state index contributed by atoms with van der Waals surface area (Å²) in [6.07, 6.45) is 0. The number of carbonyl (C=O) groups is 2. The normalized spacial score (nSPS) is 10.3. The minimum Gasteiger partial charge on any atom is -0.494 e. The molecule has 0 radical (unpaired) electrons. The molecule has 0 aliphatic carbocycles. The quantitative estimate of drug-likeness (QED) is 0.795. The molecule has 0 aliphatic heterocycles. The van der Waals surface area contributed by atoms with Crippen LogP contribution < -0.4 is 10.1 Å². The van der Waals surface area contributed by atoms with Crippen LogP contribution in [0.1, 0.15) is 46.0 Å². The monoisotopic (exact) mass is 330 g/mol. The summed E-state index contributed by atoms with van der Waals surface area (Å²) >= 11 is 0. The SMILES string of the molecule is CCOC(=O)c1c(C)[nH]c(C(=O)Nc2ccc(OCC)cc2)c1C. The summed E-state index contributed by atoms with van der Waals surface area (Å²) in [7, 11) is 0. The lowest BCUT2D eigenvalue weighted by Crippen LogP contribution is -2.14. The maximum atomic E-state index is 12.5. The van der Waals surface area contributed by atoms with Crippen LogP contribution in [0.25, 0.3) is 0 Å². The Hall–Kier alpha value is -2.76. The number of hydrogen-bond donors (Lipinski definition) is 2. The Morgan fingerprint density at radius 3 is 2.33 bits per heavy atom. The fourth-order valence-corrected chi connectivity index (χ4v) is 2.48. The van der Waals surface area contributed by atoms with Gasteiger partial charge < -0.3 is 19.8 Å². The lowest BCUT2D eigenvalue weighted by molar-refractivity contribution is 0.0525. The first kappa shape index (κ1) is 17.6. The van der Waals surface area contributed by atoms with Crippen molar-refractivity contribution in [2.24, 2.45) is 0 Å². The van der Waals surface area contributed by atoms with Crippen LogP contribution in [0.3, 0.4) is 0 Å². The number of amides is 1. The maximum Gasteiger partial charge on any atom is 0.340 e. The molecule has 6 heteroatoms. The Kier molecular flexibility index (Phi) is 5.63. The molecule has 1 heterocycles. The van der Waals surface area contributed by atoms with Crippen molar-refractivity contribution in [3.8, 4) is 5.75 Å². The highest BCUT2D eigenvalue weighted by Gasteiger charge is 2.22. The zero-order valence-corrected chi connectivity index (χ0v) is 14.4. The summed E-state index contributed by atoms with van der Waals surface area (Å²) in [6.45, 7) is 8.00.